The van der Waals surface area contributed by atoms with Gasteiger partial charge in [-0.3, -0.25) is 4.79 Å². The molecular formula is C20H24O6. The highest BCUT2D eigenvalue weighted by molar-refractivity contribution is 5.97. The maximum absolute atomic E-state index is 12.4. The first-order chi connectivity index (χ1) is 12.5. The number of esters is 1. The zero-order chi connectivity index (χ0) is 18.9. The number of phenolic OH excluding ortho intramolecular Hbond substituents is 1. The normalized spacial score (nSPS) is 21.4. The number of carbonyl (C=O) groups is 2. The van der Waals surface area contributed by atoms with Crippen molar-refractivity contribution in [3.63, 3.8) is 0 Å². The molecule has 0 saturated heterocycles. The predicted molar refractivity (Wildman–Crippen MR) is 96.8 cm³/mol. The number of aliphatic hydroxyl groups excluding tert-OH is 2. The number of cyclic esters (lactones) is 1. The second-order valence-electron chi connectivity index (χ2n) is 6.15. The number of ether oxygens (including phenoxy) is 1. The summed E-state index contributed by atoms with van der Waals surface area (Å²) in [5.41, 5.74) is 1.37. The van der Waals surface area contributed by atoms with Crippen LogP contribution in [0.2, 0.25) is 0 Å². The van der Waals surface area contributed by atoms with E-state index in [9.17, 15) is 19.8 Å². The van der Waals surface area contributed by atoms with E-state index in [1.807, 2.05) is 0 Å². The minimum absolute atomic E-state index is 0.0109. The zero-order valence-electron chi connectivity index (χ0n) is 14.6. The molecule has 0 saturated carbocycles. The molecule has 0 fully saturated rings. The van der Waals surface area contributed by atoms with Crippen molar-refractivity contribution in [1.29, 1.82) is 0 Å². The Morgan fingerprint density at radius 2 is 1.96 bits per heavy atom. The largest absolute Gasteiger partial charge is 0.507 e. The first kappa shape index (κ1) is 19.9. The smallest absolute Gasteiger partial charge is 0.342 e. The van der Waals surface area contributed by atoms with Gasteiger partial charge in [-0.15, -0.1) is 0 Å². The Bertz CT molecular complexity index is 704. The average molecular weight is 360 g/mol. The number of ketones is 1. The van der Waals surface area contributed by atoms with Gasteiger partial charge in [-0.25, -0.2) is 4.79 Å². The molecule has 2 rings (SSSR count). The first-order valence-corrected chi connectivity index (χ1v) is 8.69. The number of aryl methyl sites for hydroxylation is 1. The van der Waals surface area contributed by atoms with Crippen LogP contribution in [0.15, 0.2) is 30.4 Å². The topological polar surface area (TPSA) is 104 Å². The molecule has 0 amide bonds. The van der Waals surface area contributed by atoms with Crippen LogP contribution in [-0.4, -0.2) is 46.4 Å². The number of benzene rings is 1. The number of hydrogen-bond donors (Lipinski definition) is 3. The summed E-state index contributed by atoms with van der Waals surface area (Å²) >= 11 is 0. The van der Waals surface area contributed by atoms with Gasteiger partial charge in [0.05, 0.1) is 12.7 Å². The Hall–Kier alpha value is -2.44. The van der Waals surface area contributed by atoms with Crippen molar-refractivity contribution in [1.82, 2.24) is 0 Å². The fourth-order valence-electron chi connectivity index (χ4n) is 2.78. The number of hydrogen-bond acceptors (Lipinski definition) is 6. The molecule has 0 aromatic heterocycles. The molecule has 1 atom stereocenters. The van der Waals surface area contributed by atoms with E-state index in [0.717, 1.165) is 5.56 Å². The second kappa shape index (κ2) is 9.89. The summed E-state index contributed by atoms with van der Waals surface area (Å²) in [5, 5.41) is 29.2. The van der Waals surface area contributed by atoms with Gasteiger partial charge in [0.2, 0.25) is 0 Å². The van der Waals surface area contributed by atoms with Gasteiger partial charge in [0.15, 0.2) is 5.78 Å². The average Bonchev–Trinajstić information content (AvgIpc) is 2.60. The van der Waals surface area contributed by atoms with Crippen molar-refractivity contribution < 1.29 is 29.6 Å². The Kier molecular flexibility index (Phi) is 7.56. The molecule has 0 unspecified atom stereocenters. The molecule has 3 N–H and O–H groups in total. The number of aromatic hydroxyl groups is 1. The summed E-state index contributed by atoms with van der Waals surface area (Å²) in [6, 6.07) is 3.14. The van der Waals surface area contributed by atoms with Crippen LogP contribution in [0, 0.1) is 0 Å². The molecular weight excluding hydrogens is 336 g/mol. The van der Waals surface area contributed by atoms with E-state index in [2.05, 4.69) is 0 Å². The highest BCUT2D eigenvalue weighted by Crippen LogP contribution is 2.28. The van der Waals surface area contributed by atoms with E-state index < -0.39 is 12.1 Å². The summed E-state index contributed by atoms with van der Waals surface area (Å²) < 4.78 is 5.22. The van der Waals surface area contributed by atoms with Gasteiger partial charge >= 0.3 is 5.97 Å². The van der Waals surface area contributed by atoms with E-state index in [4.69, 9.17) is 9.84 Å². The highest BCUT2D eigenvalue weighted by atomic mass is 16.5. The Balaban J connectivity index is 2.40. The van der Waals surface area contributed by atoms with Gasteiger partial charge in [-0.05, 0) is 49.0 Å². The second-order valence-corrected chi connectivity index (χ2v) is 6.15. The quantitative estimate of drug-likeness (QED) is 0.714. The third-order valence-corrected chi connectivity index (χ3v) is 4.07. The van der Waals surface area contributed by atoms with Gasteiger partial charge in [-0.1, -0.05) is 24.3 Å². The Labute approximate surface area is 152 Å². The predicted octanol–water partition coefficient (Wildman–Crippen LogP) is 2.16. The monoisotopic (exact) mass is 360 g/mol. The van der Waals surface area contributed by atoms with Gasteiger partial charge in [0.1, 0.15) is 11.3 Å². The minimum Gasteiger partial charge on any atom is -0.507 e. The molecule has 1 aliphatic heterocycles. The van der Waals surface area contributed by atoms with Crippen molar-refractivity contribution >= 4 is 17.8 Å². The van der Waals surface area contributed by atoms with Crippen molar-refractivity contribution in [2.75, 3.05) is 13.2 Å². The third kappa shape index (κ3) is 5.54. The number of fused-ring (bicyclic) bond motifs is 1. The Morgan fingerprint density at radius 1 is 1.15 bits per heavy atom. The lowest BCUT2D eigenvalue weighted by Crippen LogP contribution is -2.12. The fraction of sp³-hybridized carbons (Fsp3) is 0.400. The summed E-state index contributed by atoms with van der Waals surface area (Å²) in [5.74, 6) is -1.01. The van der Waals surface area contributed by atoms with E-state index >= 15 is 0 Å². The standard InChI is InChI=1S/C20H24O6/c21-11-4-5-14-9-10-18(24)19-17(14)8-3-7-16(23)13-15(22)6-1-2-12-26-20(19)25/h1,3,6,8-10,16,21,23-24H,2,4-5,7,11-13H2/b6-1-,8-3+/t16-/m0/s1. The number of allylic oxidation sites excluding steroid dienone is 1. The minimum atomic E-state index is -0.819. The van der Waals surface area contributed by atoms with Crippen LogP contribution in [0.1, 0.15) is 47.2 Å². The molecule has 26 heavy (non-hydrogen) atoms. The maximum atomic E-state index is 12.4. The lowest BCUT2D eigenvalue weighted by atomic mass is 9.95. The van der Waals surface area contributed by atoms with E-state index in [1.54, 1.807) is 24.3 Å². The number of carbonyl (C=O) groups excluding carboxylic acids is 2. The molecule has 6 heteroatoms. The number of aliphatic hydroxyl groups is 2. The van der Waals surface area contributed by atoms with Crippen molar-refractivity contribution in [2.45, 2.75) is 38.2 Å². The maximum Gasteiger partial charge on any atom is 0.342 e. The van der Waals surface area contributed by atoms with Crippen molar-refractivity contribution in [3.05, 3.63) is 47.1 Å². The van der Waals surface area contributed by atoms with Crippen LogP contribution in [0.4, 0.5) is 0 Å². The van der Waals surface area contributed by atoms with Crippen LogP contribution in [0.5, 0.6) is 5.75 Å². The van der Waals surface area contributed by atoms with Crippen molar-refractivity contribution in [3.8, 4) is 5.75 Å². The van der Waals surface area contributed by atoms with Crippen LogP contribution < -0.4 is 0 Å². The lowest BCUT2D eigenvalue weighted by Gasteiger charge is -2.14. The van der Waals surface area contributed by atoms with Gasteiger partial charge in [-0.2, -0.15) is 0 Å². The summed E-state index contributed by atoms with van der Waals surface area (Å²) in [6.45, 7) is 0.0889. The van der Waals surface area contributed by atoms with Crippen LogP contribution >= 0.6 is 0 Å². The number of phenols is 1. The number of rotatable bonds is 3. The summed E-state index contributed by atoms with van der Waals surface area (Å²) in [7, 11) is 0. The SMILES string of the molecule is O=C1/C=C\CCOC(=O)c2c(O)ccc(CCCO)c2/C=C/C[C@H](O)C1. The summed E-state index contributed by atoms with van der Waals surface area (Å²) in [4.78, 5) is 24.2. The molecule has 1 heterocycles. The fourth-order valence-corrected chi connectivity index (χ4v) is 2.78. The van der Waals surface area contributed by atoms with Crippen molar-refractivity contribution in [2.24, 2.45) is 0 Å². The molecule has 6 nitrogen and oxygen atoms in total. The van der Waals surface area contributed by atoms with Gasteiger partial charge < -0.3 is 20.1 Å². The van der Waals surface area contributed by atoms with E-state index in [-0.39, 0.29) is 43.2 Å². The summed E-state index contributed by atoms with van der Waals surface area (Å²) in [6.07, 6.45) is 7.15. The third-order valence-electron chi connectivity index (χ3n) is 4.07. The highest BCUT2D eigenvalue weighted by Gasteiger charge is 2.20. The molecule has 140 valence electrons. The molecule has 0 aliphatic carbocycles. The molecule has 0 spiro atoms. The zero-order valence-corrected chi connectivity index (χ0v) is 14.6. The van der Waals surface area contributed by atoms with Gasteiger partial charge in [0.25, 0.3) is 0 Å². The molecule has 0 bridgehead atoms. The van der Waals surface area contributed by atoms with Gasteiger partial charge in [0, 0.05) is 13.0 Å². The van der Waals surface area contributed by atoms with E-state index in [1.165, 1.54) is 12.1 Å². The van der Waals surface area contributed by atoms with Crippen LogP contribution in [0.25, 0.3) is 6.08 Å². The Morgan fingerprint density at radius 3 is 2.73 bits per heavy atom. The van der Waals surface area contributed by atoms with E-state index in [0.29, 0.717) is 24.8 Å². The lowest BCUT2D eigenvalue weighted by molar-refractivity contribution is -0.116. The first-order valence-electron chi connectivity index (χ1n) is 8.69. The van der Waals surface area contributed by atoms with Crippen LogP contribution in [0.3, 0.4) is 0 Å². The molecule has 1 aromatic rings. The molecule has 0 radical (unpaired) electrons. The molecule has 1 aliphatic rings. The molecule has 1 aromatic carbocycles. The van der Waals surface area contributed by atoms with Crippen LogP contribution in [-0.2, 0) is 16.0 Å².